The highest BCUT2D eigenvalue weighted by molar-refractivity contribution is 5.78. The summed E-state index contributed by atoms with van der Waals surface area (Å²) >= 11 is 0. The van der Waals surface area contributed by atoms with Crippen LogP contribution in [0.1, 0.15) is 38.3 Å². The van der Waals surface area contributed by atoms with E-state index in [1.165, 1.54) is 6.07 Å². The van der Waals surface area contributed by atoms with Crippen LogP contribution in [0.3, 0.4) is 0 Å². The Morgan fingerprint density at radius 2 is 2.11 bits per heavy atom. The van der Waals surface area contributed by atoms with Gasteiger partial charge in [-0.3, -0.25) is 9.69 Å². The summed E-state index contributed by atoms with van der Waals surface area (Å²) in [4.78, 5) is 13.3. The van der Waals surface area contributed by atoms with Crippen LogP contribution in [0.5, 0.6) is 0 Å². The molecule has 1 N–H and O–H groups in total. The molecule has 2 atom stereocenters. The van der Waals surface area contributed by atoms with Crippen molar-refractivity contribution in [3.8, 4) is 0 Å². The molecule has 0 spiro atoms. The number of aliphatic carboxylic acids is 1. The molecule has 0 amide bonds. The molecule has 3 nitrogen and oxygen atoms in total. The normalized spacial score (nSPS) is 25.5. The molecular formula is C14H17F2NO2. The van der Waals surface area contributed by atoms with E-state index in [0.29, 0.717) is 18.5 Å². The topological polar surface area (TPSA) is 40.5 Å². The summed E-state index contributed by atoms with van der Waals surface area (Å²) in [5, 5.41) is 9.36. The Labute approximate surface area is 110 Å². The molecule has 104 valence electrons. The second-order valence-corrected chi connectivity index (χ2v) is 5.23. The SMILES string of the molecule is CC(c1ccc(F)c(F)c1)N1CCCC1(C)C(=O)O. The monoisotopic (exact) mass is 269 g/mol. The average molecular weight is 269 g/mol. The first-order chi connectivity index (χ1) is 8.86. The lowest BCUT2D eigenvalue weighted by Crippen LogP contribution is -2.48. The average Bonchev–Trinajstić information content (AvgIpc) is 2.75. The second kappa shape index (κ2) is 4.89. The van der Waals surface area contributed by atoms with E-state index in [0.717, 1.165) is 18.6 Å². The lowest BCUT2D eigenvalue weighted by atomic mass is 9.96. The van der Waals surface area contributed by atoms with Crippen molar-refractivity contribution in [1.82, 2.24) is 4.90 Å². The van der Waals surface area contributed by atoms with E-state index in [1.807, 2.05) is 11.8 Å². The Balaban J connectivity index is 2.30. The predicted octanol–water partition coefficient (Wildman–Crippen LogP) is 2.96. The van der Waals surface area contributed by atoms with Crippen LogP contribution in [-0.4, -0.2) is 28.1 Å². The summed E-state index contributed by atoms with van der Waals surface area (Å²) in [6.45, 7) is 4.14. The molecule has 0 aliphatic carbocycles. The molecule has 1 heterocycles. The van der Waals surface area contributed by atoms with Crippen LogP contribution in [0.4, 0.5) is 8.78 Å². The molecule has 1 aromatic rings. The molecule has 0 saturated carbocycles. The highest BCUT2D eigenvalue weighted by atomic mass is 19.2. The molecule has 5 heteroatoms. The van der Waals surface area contributed by atoms with Crippen LogP contribution in [0, 0.1) is 11.6 Å². The van der Waals surface area contributed by atoms with E-state index >= 15 is 0 Å². The van der Waals surface area contributed by atoms with Gasteiger partial charge in [0.2, 0.25) is 0 Å². The zero-order valence-electron chi connectivity index (χ0n) is 11.0. The fraction of sp³-hybridized carbons (Fsp3) is 0.500. The highest BCUT2D eigenvalue weighted by Crippen LogP contribution is 2.37. The number of rotatable bonds is 3. The Morgan fingerprint density at radius 1 is 1.42 bits per heavy atom. The van der Waals surface area contributed by atoms with Crippen molar-refractivity contribution in [3.05, 3.63) is 35.4 Å². The van der Waals surface area contributed by atoms with Crippen molar-refractivity contribution in [1.29, 1.82) is 0 Å². The van der Waals surface area contributed by atoms with E-state index in [9.17, 15) is 18.7 Å². The van der Waals surface area contributed by atoms with Gasteiger partial charge in [-0.2, -0.15) is 0 Å². The maximum Gasteiger partial charge on any atom is 0.323 e. The van der Waals surface area contributed by atoms with Crippen molar-refractivity contribution in [2.45, 2.75) is 38.3 Å². The number of halogens is 2. The zero-order valence-corrected chi connectivity index (χ0v) is 11.0. The van der Waals surface area contributed by atoms with Crippen molar-refractivity contribution >= 4 is 5.97 Å². The fourth-order valence-corrected chi connectivity index (χ4v) is 2.79. The van der Waals surface area contributed by atoms with Crippen LogP contribution >= 0.6 is 0 Å². The molecule has 1 aromatic carbocycles. The molecule has 0 radical (unpaired) electrons. The number of likely N-dealkylation sites (tertiary alicyclic amines) is 1. The number of carboxylic acid groups (broad SMARTS) is 1. The van der Waals surface area contributed by atoms with E-state index in [-0.39, 0.29) is 6.04 Å². The Kier molecular flexibility index (Phi) is 3.58. The first-order valence-electron chi connectivity index (χ1n) is 6.31. The van der Waals surface area contributed by atoms with Crippen molar-refractivity contribution in [2.24, 2.45) is 0 Å². The van der Waals surface area contributed by atoms with Gasteiger partial charge in [-0.25, -0.2) is 8.78 Å². The number of nitrogens with zero attached hydrogens (tertiary/aromatic N) is 1. The van der Waals surface area contributed by atoms with Gasteiger partial charge in [-0.05, 0) is 50.9 Å². The maximum atomic E-state index is 13.3. The standard InChI is InChI=1S/C14H17F2NO2/c1-9(10-4-5-11(15)12(16)8-10)17-7-3-6-14(17,2)13(18)19/h4-5,8-9H,3,6-7H2,1-2H3,(H,18,19). The molecule has 2 rings (SSSR count). The molecule has 2 unspecified atom stereocenters. The van der Waals surface area contributed by atoms with Crippen molar-refractivity contribution in [2.75, 3.05) is 6.54 Å². The Bertz CT molecular complexity index is 506. The van der Waals surface area contributed by atoms with E-state index in [1.54, 1.807) is 6.92 Å². The first kappa shape index (κ1) is 13.9. The molecule has 19 heavy (non-hydrogen) atoms. The van der Waals surface area contributed by atoms with Gasteiger partial charge in [-0.15, -0.1) is 0 Å². The smallest absolute Gasteiger partial charge is 0.323 e. The predicted molar refractivity (Wildman–Crippen MR) is 66.8 cm³/mol. The minimum absolute atomic E-state index is 0.265. The quantitative estimate of drug-likeness (QED) is 0.917. The third-order valence-corrected chi connectivity index (χ3v) is 4.05. The zero-order chi connectivity index (χ0) is 14.2. The lowest BCUT2D eigenvalue weighted by molar-refractivity contribution is -0.149. The van der Waals surface area contributed by atoms with Crippen LogP contribution < -0.4 is 0 Å². The Morgan fingerprint density at radius 3 is 2.68 bits per heavy atom. The minimum atomic E-state index is -0.940. The van der Waals surface area contributed by atoms with Gasteiger partial charge < -0.3 is 5.11 Å². The van der Waals surface area contributed by atoms with Crippen LogP contribution in [0.15, 0.2) is 18.2 Å². The Hall–Kier alpha value is -1.49. The van der Waals surface area contributed by atoms with Gasteiger partial charge >= 0.3 is 5.97 Å². The number of benzene rings is 1. The van der Waals surface area contributed by atoms with Gasteiger partial charge in [0.1, 0.15) is 5.54 Å². The molecule has 0 bridgehead atoms. The second-order valence-electron chi connectivity index (χ2n) is 5.23. The third-order valence-electron chi connectivity index (χ3n) is 4.05. The highest BCUT2D eigenvalue weighted by Gasteiger charge is 2.45. The third kappa shape index (κ3) is 2.34. The molecule has 1 aliphatic heterocycles. The number of carboxylic acids is 1. The van der Waals surface area contributed by atoms with E-state index in [2.05, 4.69) is 0 Å². The van der Waals surface area contributed by atoms with Crippen LogP contribution in [-0.2, 0) is 4.79 Å². The number of carbonyl (C=O) groups is 1. The largest absolute Gasteiger partial charge is 0.480 e. The molecule has 1 fully saturated rings. The van der Waals surface area contributed by atoms with E-state index in [4.69, 9.17) is 0 Å². The van der Waals surface area contributed by atoms with Gasteiger partial charge in [0, 0.05) is 6.04 Å². The first-order valence-corrected chi connectivity index (χ1v) is 6.31. The molecule has 1 saturated heterocycles. The van der Waals surface area contributed by atoms with Crippen LogP contribution in [0.25, 0.3) is 0 Å². The van der Waals surface area contributed by atoms with Crippen molar-refractivity contribution in [3.63, 3.8) is 0 Å². The summed E-state index contributed by atoms with van der Waals surface area (Å²) in [5.74, 6) is -2.67. The summed E-state index contributed by atoms with van der Waals surface area (Å²) in [7, 11) is 0. The number of hydrogen-bond acceptors (Lipinski definition) is 2. The van der Waals surface area contributed by atoms with E-state index < -0.39 is 23.1 Å². The summed E-state index contributed by atoms with van der Waals surface area (Å²) in [6, 6.07) is 3.46. The van der Waals surface area contributed by atoms with Crippen LogP contribution in [0.2, 0.25) is 0 Å². The molecule has 0 aromatic heterocycles. The summed E-state index contributed by atoms with van der Waals surface area (Å²) in [6.07, 6.45) is 1.35. The molecular weight excluding hydrogens is 252 g/mol. The maximum absolute atomic E-state index is 13.3. The number of hydrogen-bond donors (Lipinski definition) is 1. The fourth-order valence-electron chi connectivity index (χ4n) is 2.79. The molecule has 1 aliphatic rings. The summed E-state index contributed by atoms with van der Waals surface area (Å²) < 4.78 is 26.2. The van der Waals surface area contributed by atoms with Gasteiger partial charge in [0.05, 0.1) is 0 Å². The van der Waals surface area contributed by atoms with Gasteiger partial charge in [0.15, 0.2) is 11.6 Å². The van der Waals surface area contributed by atoms with Crippen molar-refractivity contribution < 1.29 is 18.7 Å². The summed E-state index contributed by atoms with van der Waals surface area (Å²) in [5.41, 5.74) is -0.349. The van der Waals surface area contributed by atoms with Gasteiger partial charge in [0.25, 0.3) is 0 Å². The lowest BCUT2D eigenvalue weighted by Gasteiger charge is -2.36. The van der Waals surface area contributed by atoms with Gasteiger partial charge in [-0.1, -0.05) is 6.07 Å². The minimum Gasteiger partial charge on any atom is -0.480 e.